The largest absolute Gasteiger partial charge is 0.377 e. The molecule has 0 saturated carbocycles. The van der Waals surface area contributed by atoms with Crippen LogP contribution >= 0.6 is 11.8 Å². The van der Waals surface area contributed by atoms with Crippen LogP contribution < -0.4 is 5.32 Å². The average molecular weight is 244 g/mol. The lowest BCUT2D eigenvalue weighted by Crippen LogP contribution is -2.48. The molecule has 4 heteroatoms. The first-order valence-electron chi connectivity index (χ1n) is 6.16. The molecule has 2 unspecified atom stereocenters. The van der Waals surface area contributed by atoms with Gasteiger partial charge >= 0.3 is 0 Å². The third-order valence-electron chi connectivity index (χ3n) is 3.02. The van der Waals surface area contributed by atoms with E-state index in [9.17, 15) is 0 Å². The topological polar surface area (TPSA) is 33.6 Å². The van der Waals surface area contributed by atoms with Gasteiger partial charge in [0.25, 0.3) is 0 Å². The molecule has 2 atom stereocenters. The molecule has 1 heterocycles. The van der Waals surface area contributed by atoms with E-state index in [4.69, 9.17) is 4.74 Å². The summed E-state index contributed by atoms with van der Waals surface area (Å²) in [5.74, 6) is 1.17. The Balaban J connectivity index is 2.44. The maximum absolute atomic E-state index is 5.47. The molecule has 1 rings (SSSR count). The van der Waals surface area contributed by atoms with Crippen LogP contribution in [-0.4, -0.2) is 35.7 Å². The van der Waals surface area contributed by atoms with Crippen LogP contribution in [0.3, 0.4) is 0 Å². The first-order chi connectivity index (χ1) is 7.59. The van der Waals surface area contributed by atoms with Crippen molar-refractivity contribution in [1.29, 1.82) is 0 Å². The van der Waals surface area contributed by atoms with Crippen molar-refractivity contribution in [2.24, 2.45) is 4.99 Å². The van der Waals surface area contributed by atoms with Crippen LogP contribution in [0.4, 0.5) is 0 Å². The molecule has 1 aliphatic heterocycles. The molecule has 1 aliphatic rings. The Labute approximate surface area is 103 Å². The van der Waals surface area contributed by atoms with Gasteiger partial charge in [-0.25, -0.2) is 0 Å². The van der Waals surface area contributed by atoms with Gasteiger partial charge in [0, 0.05) is 17.9 Å². The van der Waals surface area contributed by atoms with Gasteiger partial charge in [0.05, 0.1) is 12.6 Å². The number of nitrogens with zero attached hydrogens (tertiary/aromatic N) is 1. The standard InChI is InChI=1S/C12H24N2OS/c1-5-12(4)7-8-16-11(14-12)13-9-10(3)15-6-2/h10H,5-9H2,1-4H3,(H,13,14). The van der Waals surface area contributed by atoms with E-state index >= 15 is 0 Å². The van der Waals surface area contributed by atoms with Crippen molar-refractivity contribution in [2.75, 3.05) is 18.9 Å². The van der Waals surface area contributed by atoms with Gasteiger partial charge in [0.1, 0.15) is 0 Å². The number of hydrogen-bond acceptors (Lipinski definition) is 3. The molecule has 1 saturated heterocycles. The zero-order chi connectivity index (χ0) is 12.0. The van der Waals surface area contributed by atoms with Crippen LogP contribution in [0.25, 0.3) is 0 Å². The van der Waals surface area contributed by atoms with Crippen molar-refractivity contribution in [3.63, 3.8) is 0 Å². The van der Waals surface area contributed by atoms with Crippen molar-refractivity contribution < 1.29 is 4.74 Å². The van der Waals surface area contributed by atoms with Crippen LogP contribution in [0.15, 0.2) is 4.99 Å². The molecule has 3 nitrogen and oxygen atoms in total. The average Bonchev–Trinajstić information content (AvgIpc) is 2.27. The van der Waals surface area contributed by atoms with Crippen molar-refractivity contribution in [1.82, 2.24) is 5.32 Å². The van der Waals surface area contributed by atoms with Gasteiger partial charge < -0.3 is 10.1 Å². The van der Waals surface area contributed by atoms with E-state index in [1.165, 1.54) is 12.2 Å². The number of rotatable bonds is 5. The summed E-state index contributed by atoms with van der Waals surface area (Å²) >= 11 is 1.82. The predicted octanol–water partition coefficient (Wildman–Crippen LogP) is 2.66. The van der Waals surface area contributed by atoms with Crippen molar-refractivity contribution in [2.45, 2.75) is 52.2 Å². The molecule has 1 fully saturated rings. The minimum atomic E-state index is 0.217. The molecule has 94 valence electrons. The summed E-state index contributed by atoms with van der Waals surface area (Å²) in [6.45, 7) is 10.1. The minimum Gasteiger partial charge on any atom is -0.377 e. The van der Waals surface area contributed by atoms with Gasteiger partial charge in [-0.3, -0.25) is 4.99 Å². The molecule has 1 N–H and O–H groups in total. The molecule has 0 aromatic carbocycles. The molecule has 0 spiro atoms. The maximum Gasteiger partial charge on any atom is 0.157 e. The Hall–Kier alpha value is -0.220. The van der Waals surface area contributed by atoms with Crippen LogP contribution in [-0.2, 0) is 4.74 Å². The lowest BCUT2D eigenvalue weighted by molar-refractivity contribution is 0.0829. The first-order valence-corrected chi connectivity index (χ1v) is 7.15. The minimum absolute atomic E-state index is 0.217. The highest BCUT2D eigenvalue weighted by molar-refractivity contribution is 8.13. The van der Waals surface area contributed by atoms with Crippen LogP contribution in [0.5, 0.6) is 0 Å². The second-order valence-corrected chi connectivity index (χ2v) is 5.63. The van der Waals surface area contributed by atoms with E-state index in [1.54, 1.807) is 0 Å². The third-order valence-corrected chi connectivity index (χ3v) is 3.94. The summed E-state index contributed by atoms with van der Waals surface area (Å²) in [6, 6.07) is 0. The molecule has 0 aromatic heterocycles. The van der Waals surface area contributed by atoms with E-state index in [1.807, 2.05) is 18.7 Å². The maximum atomic E-state index is 5.47. The summed E-state index contributed by atoms with van der Waals surface area (Å²) in [5, 5.41) is 4.62. The lowest BCUT2D eigenvalue weighted by Gasteiger charge is -2.35. The fourth-order valence-corrected chi connectivity index (χ4v) is 2.86. The molecule has 0 radical (unpaired) electrons. The smallest absolute Gasteiger partial charge is 0.157 e. The van der Waals surface area contributed by atoms with Gasteiger partial charge in [-0.2, -0.15) is 0 Å². The summed E-state index contributed by atoms with van der Waals surface area (Å²) in [4.78, 5) is 4.59. The third kappa shape index (κ3) is 4.34. The number of ether oxygens (including phenoxy) is 1. The number of aliphatic imine (C=N–C) groups is 1. The molecule has 0 aliphatic carbocycles. The molecule has 0 aromatic rings. The van der Waals surface area contributed by atoms with Crippen LogP contribution in [0.1, 0.15) is 40.5 Å². The summed E-state index contributed by atoms with van der Waals surface area (Å²) < 4.78 is 5.47. The number of thioether (sulfide) groups is 1. The number of nitrogens with one attached hydrogen (secondary N) is 1. The molecule has 16 heavy (non-hydrogen) atoms. The SMILES string of the molecule is CCOC(C)CN=C1NC(C)(CC)CCS1. The van der Waals surface area contributed by atoms with E-state index in [0.29, 0.717) is 0 Å². The fraction of sp³-hybridized carbons (Fsp3) is 0.917. The molecule has 0 amide bonds. The predicted molar refractivity (Wildman–Crippen MR) is 72.3 cm³/mol. The Morgan fingerprint density at radius 3 is 2.94 bits per heavy atom. The fourth-order valence-electron chi connectivity index (χ4n) is 1.63. The quantitative estimate of drug-likeness (QED) is 0.807. The van der Waals surface area contributed by atoms with Gasteiger partial charge in [-0.1, -0.05) is 18.7 Å². The summed E-state index contributed by atoms with van der Waals surface area (Å²) in [7, 11) is 0. The Morgan fingerprint density at radius 2 is 2.31 bits per heavy atom. The second kappa shape index (κ2) is 6.50. The van der Waals surface area contributed by atoms with Crippen LogP contribution in [0.2, 0.25) is 0 Å². The van der Waals surface area contributed by atoms with E-state index in [-0.39, 0.29) is 11.6 Å². The van der Waals surface area contributed by atoms with E-state index < -0.39 is 0 Å². The first kappa shape index (κ1) is 13.8. The van der Waals surface area contributed by atoms with Crippen LogP contribution in [0, 0.1) is 0 Å². The monoisotopic (exact) mass is 244 g/mol. The van der Waals surface area contributed by atoms with Gasteiger partial charge in [0.15, 0.2) is 5.17 Å². The highest BCUT2D eigenvalue weighted by Gasteiger charge is 2.27. The number of amidine groups is 1. The van der Waals surface area contributed by atoms with Crippen molar-refractivity contribution in [3.05, 3.63) is 0 Å². The Kier molecular flexibility index (Phi) is 5.62. The van der Waals surface area contributed by atoms with Crippen molar-refractivity contribution in [3.8, 4) is 0 Å². The molecule has 0 bridgehead atoms. The van der Waals surface area contributed by atoms with Gasteiger partial charge in [-0.15, -0.1) is 0 Å². The van der Waals surface area contributed by atoms with E-state index in [0.717, 1.165) is 24.7 Å². The summed E-state index contributed by atoms with van der Waals surface area (Å²) in [5.41, 5.74) is 0.235. The zero-order valence-electron chi connectivity index (χ0n) is 10.9. The lowest BCUT2D eigenvalue weighted by atomic mass is 9.96. The van der Waals surface area contributed by atoms with Gasteiger partial charge in [0.2, 0.25) is 0 Å². The Morgan fingerprint density at radius 1 is 1.56 bits per heavy atom. The Bertz CT molecular complexity index is 245. The highest BCUT2D eigenvalue weighted by Crippen LogP contribution is 2.24. The normalized spacial score (nSPS) is 30.1. The molecular weight excluding hydrogens is 220 g/mol. The molecular formula is C12H24N2OS. The van der Waals surface area contributed by atoms with Gasteiger partial charge in [-0.05, 0) is 33.6 Å². The number of hydrogen-bond donors (Lipinski definition) is 1. The summed E-state index contributed by atoms with van der Waals surface area (Å²) in [6.07, 6.45) is 2.58. The zero-order valence-corrected chi connectivity index (χ0v) is 11.7. The van der Waals surface area contributed by atoms with Crippen molar-refractivity contribution >= 4 is 16.9 Å². The second-order valence-electron chi connectivity index (χ2n) is 4.55. The van der Waals surface area contributed by atoms with E-state index in [2.05, 4.69) is 31.1 Å². The highest BCUT2D eigenvalue weighted by atomic mass is 32.2.